The first kappa shape index (κ1) is 17.7. The molecule has 0 radical (unpaired) electrons. The van der Waals surface area contributed by atoms with Crippen molar-refractivity contribution >= 4 is 5.97 Å². The summed E-state index contributed by atoms with van der Waals surface area (Å²) in [6.07, 6.45) is -1.01. The molecule has 128 valence electrons. The Hall–Kier alpha value is -1.66. The first-order valence-electron chi connectivity index (χ1n) is 7.50. The topological polar surface area (TPSA) is 26.3 Å². The number of benzene rings is 1. The van der Waals surface area contributed by atoms with Crippen LogP contribution in [0.1, 0.15) is 44.6 Å². The number of ether oxygens (including phenoxy) is 1. The zero-order chi connectivity index (χ0) is 17.2. The smallest absolute Gasteiger partial charge is 0.422 e. The molecular weight excluding hydrogens is 319 g/mol. The molecule has 7 heteroatoms. The molecule has 23 heavy (non-hydrogen) atoms. The number of carbonyl (C=O) groups excluding carboxylic acids is 1. The van der Waals surface area contributed by atoms with Crippen molar-refractivity contribution in [2.75, 3.05) is 0 Å². The van der Waals surface area contributed by atoms with Gasteiger partial charge in [-0.05, 0) is 25.2 Å². The van der Waals surface area contributed by atoms with E-state index in [1.165, 1.54) is 0 Å². The van der Waals surface area contributed by atoms with Gasteiger partial charge in [0, 0.05) is 12.1 Å². The van der Waals surface area contributed by atoms with Crippen LogP contribution in [0.5, 0.6) is 5.75 Å². The molecule has 0 N–H and O–H groups in total. The lowest BCUT2D eigenvalue weighted by Gasteiger charge is -2.13. The van der Waals surface area contributed by atoms with Crippen LogP contribution in [0.15, 0.2) is 12.1 Å². The fraction of sp³-hybridized carbons (Fsp3) is 0.562. The largest absolute Gasteiger partial charge is 0.426 e. The van der Waals surface area contributed by atoms with Crippen LogP contribution < -0.4 is 4.74 Å². The number of esters is 1. The summed E-state index contributed by atoms with van der Waals surface area (Å²) in [5.41, 5.74) is -1.99. The summed E-state index contributed by atoms with van der Waals surface area (Å²) < 4.78 is 69.2. The second-order valence-electron chi connectivity index (χ2n) is 5.85. The average molecular weight is 336 g/mol. The Bertz CT molecular complexity index is 559. The van der Waals surface area contributed by atoms with E-state index in [4.69, 9.17) is 4.74 Å². The summed E-state index contributed by atoms with van der Waals surface area (Å²) in [5, 5.41) is 0. The van der Waals surface area contributed by atoms with E-state index < -0.39 is 35.1 Å². The number of rotatable bonds is 4. The number of alkyl halides is 3. The summed E-state index contributed by atoms with van der Waals surface area (Å²) in [4.78, 5) is 12.0. The highest BCUT2D eigenvalue weighted by Crippen LogP contribution is 2.37. The number of carbonyl (C=O) groups is 1. The standard InChI is InChI=1S/C16H17F5O2/c1-2-3-9-4-5-10(6-9)15(22)23-11-7-12(17)14(13(18)8-11)16(19,20)21/h7-10H,2-6H2,1H3. The molecule has 0 aromatic heterocycles. The van der Waals surface area contributed by atoms with Crippen LogP contribution in [-0.2, 0) is 11.0 Å². The molecule has 1 aromatic carbocycles. The molecule has 2 rings (SSSR count). The lowest BCUT2D eigenvalue weighted by molar-refractivity contribution is -0.142. The number of halogens is 5. The van der Waals surface area contributed by atoms with E-state index in [1.54, 1.807) is 0 Å². The average Bonchev–Trinajstić information content (AvgIpc) is 2.85. The van der Waals surface area contributed by atoms with E-state index in [0.717, 1.165) is 19.3 Å². The molecule has 0 spiro atoms. The summed E-state index contributed by atoms with van der Waals surface area (Å²) in [6, 6.07) is 0.782. The van der Waals surface area contributed by atoms with Crippen LogP contribution in [0.4, 0.5) is 22.0 Å². The first-order valence-corrected chi connectivity index (χ1v) is 7.50. The van der Waals surface area contributed by atoms with Crippen LogP contribution in [0, 0.1) is 23.5 Å². The molecule has 0 heterocycles. The third-order valence-corrected chi connectivity index (χ3v) is 4.09. The molecule has 1 aromatic rings. The number of hydrogen-bond acceptors (Lipinski definition) is 2. The predicted octanol–water partition coefficient (Wildman–Crippen LogP) is 5.11. The molecule has 1 saturated carbocycles. The van der Waals surface area contributed by atoms with Crippen molar-refractivity contribution in [2.24, 2.45) is 11.8 Å². The fourth-order valence-corrected chi connectivity index (χ4v) is 3.04. The van der Waals surface area contributed by atoms with Gasteiger partial charge >= 0.3 is 12.1 Å². The second kappa shape index (κ2) is 6.84. The zero-order valence-electron chi connectivity index (χ0n) is 12.6. The lowest BCUT2D eigenvalue weighted by Crippen LogP contribution is -2.19. The van der Waals surface area contributed by atoms with E-state index in [0.29, 0.717) is 30.9 Å². The Morgan fingerprint density at radius 1 is 1.22 bits per heavy atom. The van der Waals surface area contributed by atoms with Crippen molar-refractivity contribution in [1.29, 1.82) is 0 Å². The van der Waals surface area contributed by atoms with Crippen molar-refractivity contribution in [3.63, 3.8) is 0 Å². The maximum atomic E-state index is 13.4. The van der Waals surface area contributed by atoms with E-state index in [2.05, 4.69) is 0 Å². The van der Waals surface area contributed by atoms with Gasteiger partial charge in [0.25, 0.3) is 0 Å². The molecule has 1 aliphatic carbocycles. The third-order valence-electron chi connectivity index (χ3n) is 4.09. The normalized spacial score (nSPS) is 21.5. The van der Waals surface area contributed by atoms with Crippen molar-refractivity contribution in [3.8, 4) is 5.75 Å². The van der Waals surface area contributed by atoms with Crippen LogP contribution in [0.3, 0.4) is 0 Å². The highest BCUT2D eigenvalue weighted by Gasteiger charge is 2.38. The second-order valence-corrected chi connectivity index (χ2v) is 5.85. The maximum Gasteiger partial charge on any atom is 0.422 e. The molecule has 0 bridgehead atoms. The molecule has 1 aliphatic rings. The Morgan fingerprint density at radius 2 is 1.83 bits per heavy atom. The van der Waals surface area contributed by atoms with E-state index >= 15 is 0 Å². The van der Waals surface area contributed by atoms with Crippen molar-refractivity contribution < 1.29 is 31.5 Å². The first-order chi connectivity index (χ1) is 10.7. The molecule has 2 unspecified atom stereocenters. The quantitative estimate of drug-likeness (QED) is 0.434. The summed E-state index contributed by atoms with van der Waals surface area (Å²) in [6.45, 7) is 2.04. The minimum atomic E-state index is -5.14. The van der Waals surface area contributed by atoms with Gasteiger partial charge in [-0.25, -0.2) is 8.78 Å². The molecule has 2 nitrogen and oxygen atoms in total. The van der Waals surface area contributed by atoms with Gasteiger partial charge < -0.3 is 4.74 Å². The fourth-order valence-electron chi connectivity index (χ4n) is 3.04. The lowest BCUT2D eigenvalue weighted by atomic mass is 10.0. The van der Waals surface area contributed by atoms with Crippen molar-refractivity contribution in [1.82, 2.24) is 0 Å². The van der Waals surface area contributed by atoms with E-state index in [-0.39, 0.29) is 5.92 Å². The Morgan fingerprint density at radius 3 is 2.35 bits per heavy atom. The van der Waals surface area contributed by atoms with Gasteiger partial charge in [0.2, 0.25) is 0 Å². The SMILES string of the molecule is CCCC1CCC(C(=O)Oc2cc(F)c(C(F)(F)F)c(F)c2)C1. The highest BCUT2D eigenvalue weighted by atomic mass is 19.4. The number of hydrogen-bond donors (Lipinski definition) is 0. The Kier molecular flexibility index (Phi) is 5.26. The molecule has 0 amide bonds. The molecule has 1 fully saturated rings. The molecule has 0 saturated heterocycles. The highest BCUT2D eigenvalue weighted by molar-refractivity contribution is 5.75. The van der Waals surface area contributed by atoms with Gasteiger partial charge in [0.05, 0.1) is 5.92 Å². The summed E-state index contributed by atoms with van der Waals surface area (Å²) in [5.74, 6) is -4.75. The van der Waals surface area contributed by atoms with Crippen LogP contribution in [0.2, 0.25) is 0 Å². The monoisotopic (exact) mass is 336 g/mol. The predicted molar refractivity (Wildman–Crippen MR) is 72.7 cm³/mol. The molecule has 0 aliphatic heterocycles. The van der Waals surface area contributed by atoms with Gasteiger partial charge in [-0.2, -0.15) is 13.2 Å². The van der Waals surface area contributed by atoms with Gasteiger partial charge in [-0.15, -0.1) is 0 Å². The van der Waals surface area contributed by atoms with Crippen LogP contribution >= 0.6 is 0 Å². The van der Waals surface area contributed by atoms with Gasteiger partial charge in [-0.3, -0.25) is 4.79 Å². The minimum Gasteiger partial charge on any atom is -0.426 e. The van der Waals surface area contributed by atoms with E-state index in [1.807, 2.05) is 6.92 Å². The molecule has 2 atom stereocenters. The minimum absolute atomic E-state index is 0.375. The van der Waals surface area contributed by atoms with Gasteiger partial charge in [-0.1, -0.05) is 19.8 Å². The van der Waals surface area contributed by atoms with Crippen molar-refractivity contribution in [3.05, 3.63) is 29.3 Å². The Labute approximate surface area is 130 Å². The molecular formula is C16H17F5O2. The zero-order valence-corrected chi connectivity index (χ0v) is 12.6. The maximum absolute atomic E-state index is 13.4. The summed E-state index contributed by atoms with van der Waals surface area (Å²) >= 11 is 0. The Balaban J connectivity index is 2.08. The van der Waals surface area contributed by atoms with Crippen molar-refractivity contribution in [2.45, 2.75) is 45.2 Å². The van der Waals surface area contributed by atoms with Gasteiger partial charge in [0.15, 0.2) is 0 Å². The van der Waals surface area contributed by atoms with Gasteiger partial charge in [0.1, 0.15) is 22.9 Å². The third kappa shape index (κ3) is 4.20. The summed E-state index contributed by atoms with van der Waals surface area (Å²) in [7, 11) is 0. The van der Waals surface area contributed by atoms with E-state index in [9.17, 15) is 26.7 Å². The van der Waals surface area contributed by atoms with Crippen LogP contribution in [0.25, 0.3) is 0 Å². The van der Waals surface area contributed by atoms with Crippen LogP contribution in [-0.4, -0.2) is 5.97 Å².